The van der Waals surface area contributed by atoms with Crippen molar-refractivity contribution in [2.75, 3.05) is 26.7 Å². The summed E-state index contributed by atoms with van der Waals surface area (Å²) < 4.78 is 12.7. The summed E-state index contributed by atoms with van der Waals surface area (Å²) in [7, 11) is 1.55. The highest BCUT2D eigenvalue weighted by Gasteiger charge is 2.31. The number of piperazine rings is 1. The third-order valence-electron chi connectivity index (χ3n) is 3.20. The van der Waals surface area contributed by atoms with E-state index in [9.17, 15) is 18.8 Å². The molecule has 20 heavy (non-hydrogen) atoms. The van der Waals surface area contributed by atoms with E-state index in [1.54, 1.807) is 7.05 Å². The van der Waals surface area contributed by atoms with E-state index >= 15 is 0 Å². The topological polar surface area (TPSA) is 57.7 Å². The predicted molar refractivity (Wildman–Crippen MR) is 69.3 cm³/mol. The number of hydrogen-bond donors (Lipinski definition) is 0. The van der Waals surface area contributed by atoms with Crippen molar-refractivity contribution in [3.8, 4) is 0 Å². The second-order valence-corrected chi connectivity index (χ2v) is 4.80. The summed E-state index contributed by atoms with van der Waals surface area (Å²) in [6.45, 7) is 0.695. The van der Waals surface area contributed by atoms with Gasteiger partial charge in [0.1, 0.15) is 5.82 Å². The molecule has 106 valence electrons. The molecule has 1 fully saturated rings. The van der Waals surface area contributed by atoms with Crippen molar-refractivity contribution in [2.45, 2.75) is 6.42 Å². The van der Waals surface area contributed by atoms with Crippen molar-refractivity contribution in [3.63, 3.8) is 0 Å². The Labute approximate surface area is 116 Å². The predicted octanol–water partition coefficient (Wildman–Crippen LogP) is 0.238. The van der Waals surface area contributed by atoms with E-state index < -0.39 is 11.8 Å². The van der Waals surface area contributed by atoms with Gasteiger partial charge in [-0.2, -0.15) is 0 Å². The van der Waals surface area contributed by atoms with Crippen LogP contribution in [0.25, 0.3) is 0 Å². The lowest BCUT2D eigenvalue weighted by Gasteiger charge is -2.30. The van der Waals surface area contributed by atoms with Gasteiger partial charge in [-0.3, -0.25) is 14.4 Å². The number of nitrogens with zero attached hydrogens (tertiary/aromatic N) is 2. The Hall–Kier alpha value is -2.24. The van der Waals surface area contributed by atoms with E-state index in [1.165, 1.54) is 34.1 Å². The van der Waals surface area contributed by atoms with Crippen LogP contribution < -0.4 is 0 Å². The third-order valence-corrected chi connectivity index (χ3v) is 3.20. The Bertz CT molecular complexity index is 542. The number of carbonyl (C=O) groups is 3. The monoisotopic (exact) mass is 278 g/mol. The molecule has 0 bridgehead atoms. The number of rotatable bonds is 4. The fourth-order valence-electron chi connectivity index (χ4n) is 2.02. The first kappa shape index (κ1) is 14.2. The minimum absolute atomic E-state index is 0.0875. The molecule has 0 atom stereocenters. The van der Waals surface area contributed by atoms with Gasteiger partial charge in [-0.1, -0.05) is 12.1 Å². The van der Waals surface area contributed by atoms with E-state index in [0.717, 1.165) is 0 Å². The SMILES string of the molecule is CN1CCN(CC(=O)Cc2ccc(F)cc2)C(=O)C1=O. The zero-order chi connectivity index (χ0) is 14.7. The summed E-state index contributed by atoms with van der Waals surface area (Å²) in [5.74, 6) is -1.78. The maximum atomic E-state index is 12.7. The van der Waals surface area contributed by atoms with Crippen LogP contribution in [0.5, 0.6) is 0 Å². The zero-order valence-electron chi connectivity index (χ0n) is 11.1. The maximum absolute atomic E-state index is 12.7. The number of ketones is 1. The van der Waals surface area contributed by atoms with Crippen LogP contribution in [-0.2, 0) is 20.8 Å². The highest BCUT2D eigenvalue weighted by atomic mass is 19.1. The molecule has 0 aromatic heterocycles. The molecule has 5 nitrogen and oxygen atoms in total. The number of amides is 2. The van der Waals surface area contributed by atoms with Crippen LogP contribution in [0.4, 0.5) is 4.39 Å². The molecule has 6 heteroatoms. The number of carbonyl (C=O) groups excluding carboxylic acids is 3. The van der Waals surface area contributed by atoms with Crippen molar-refractivity contribution < 1.29 is 18.8 Å². The van der Waals surface area contributed by atoms with Gasteiger partial charge in [-0.05, 0) is 17.7 Å². The molecule has 1 saturated heterocycles. The molecule has 1 aromatic carbocycles. The summed E-state index contributed by atoms with van der Waals surface area (Å²) in [5, 5.41) is 0. The van der Waals surface area contributed by atoms with Gasteiger partial charge in [-0.15, -0.1) is 0 Å². The van der Waals surface area contributed by atoms with Gasteiger partial charge in [0, 0.05) is 26.6 Å². The number of Topliss-reactive ketones (excluding diaryl/α,β-unsaturated/α-hetero) is 1. The van der Waals surface area contributed by atoms with Gasteiger partial charge in [-0.25, -0.2) is 4.39 Å². The Morgan fingerprint density at radius 3 is 2.45 bits per heavy atom. The number of benzene rings is 1. The van der Waals surface area contributed by atoms with Crippen molar-refractivity contribution in [1.82, 2.24) is 9.80 Å². The fraction of sp³-hybridized carbons (Fsp3) is 0.357. The first-order valence-corrected chi connectivity index (χ1v) is 6.28. The van der Waals surface area contributed by atoms with E-state index in [-0.39, 0.29) is 24.6 Å². The fourth-order valence-corrected chi connectivity index (χ4v) is 2.02. The molecule has 1 aliphatic heterocycles. The molecule has 0 saturated carbocycles. The van der Waals surface area contributed by atoms with E-state index in [0.29, 0.717) is 18.7 Å². The number of halogens is 1. The second kappa shape index (κ2) is 5.81. The molecule has 1 aliphatic rings. The van der Waals surface area contributed by atoms with Crippen LogP contribution in [-0.4, -0.2) is 54.1 Å². The van der Waals surface area contributed by atoms with Gasteiger partial charge in [0.2, 0.25) is 0 Å². The average Bonchev–Trinajstić information content (AvgIpc) is 2.42. The van der Waals surface area contributed by atoms with Crippen LogP contribution in [0.3, 0.4) is 0 Å². The van der Waals surface area contributed by atoms with E-state index in [1.807, 2.05) is 0 Å². The molecular formula is C14H15FN2O3. The van der Waals surface area contributed by atoms with Crippen molar-refractivity contribution in [3.05, 3.63) is 35.6 Å². The van der Waals surface area contributed by atoms with Crippen LogP contribution >= 0.6 is 0 Å². The maximum Gasteiger partial charge on any atom is 0.312 e. The normalized spacial score (nSPS) is 15.7. The Morgan fingerprint density at radius 2 is 1.80 bits per heavy atom. The van der Waals surface area contributed by atoms with Gasteiger partial charge >= 0.3 is 11.8 Å². The van der Waals surface area contributed by atoms with Crippen molar-refractivity contribution in [2.24, 2.45) is 0 Å². The van der Waals surface area contributed by atoms with Crippen molar-refractivity contribution in [1.29, 1.82) is 0 Å². The summed E-state index contributed by atoms with van der Waals surface area (Å²) in [6, 6.07) is 5.63. The smallest absolute Gasteiger partial charge is 0.312 e. The minimum atomic E-state index is -0.647. The van der Waals surface area contributed by atoms with Gasteiger partial charge in [0.25, 0.3) is 0 Å². The molecule has 0 N–H and O–H groups in total. The molecule has 2 amide bonds. The number of hydrogen-bond acceptors (Lipinski definition) is 3. The Balaban J connectivity index is 1.93. The minimum Gasteiger partial charge on any atom is -0.336 e. The lowest BCUT2D eigenvalue weighted by atomic mass is 10.1. The highest BCUT2D eigenvalue weighted by molar-refractivity contribution is 6.35. The average molecular weight is 278 g/mol. The Kier molecular flexibility index (Phi) is 4.12. The molecule has 1 aromatic rings. The lowest BCUT2D eigenvalue weighted by molar-refractivity contribution is -0.155. The Morgan fingerprint density at radius 1 is 1.15 bits per heavy atom. The molecular weight excluding hydrogens is 263 g/mol. The largest absolute Gasteiger partial charge is 0.336 e. The van der Waals surface area contributed by atoms with Crippen LogP contribution in [0.15, 0.2) is 24.3 Å². The molecule has 0 unspecified atom stereocenters. The molecule has 0 spiro atoms. The van der Waals surface area contributed by atoms with Gasteiger partial charge in [0.05, 0.1) is 6.54 Å². The first-order valence-electron chi connectivity index (χ1n) is 6.28. The van der Waals surface area contributed by atoms with Crippen molar-refractivity contribution >= 4 is 17.6 Å². The quantitative estimate of drug-likeness (QED) is 0.741. The van der Waals surface area contributed by atoms with E-state index in [4.69, 9.17) is 0 Å². The molecule has 0 radical (unpaired) electrons. The summed E-state index contributed by atoms with van der Waals surface area (Å²) in [5.41, 5.74) is 0.685. The summed E-state index contributed by atoms with van der Waals surface area (Å²) in [4.78, 5) is 37.7. The second-order valence-electron chi connectivity index (χ2n) is 4.80. The summed E-state index contributed by atoms with van der Waals surface area (Å²) >= 11 is 0. The van der Waals surface area contributed by atoms with Crippen LogP contribution in [0, 0.1) is 5.82 Å². The molecule has 1 heterocycles. The first-order chi connectivity index (χ1) is 9.47. The van der Waals surface area contributed by atoms with E-state index in [2.05, 4.69) is 0 Å². The lowest BCUT2D eigenvalue weighted by Crippen LogP contribution is -2.54. The van der Waals surface area contributed by atoms with Gasteiger partial charge in [0.15, 0.2) is 5.78 Å². The van der Waals surface area contributed by atoms with Crippen LogP contribution in [0.2, 0.25) is 0 Å². The molecule has 0 aliphatic carbocycles. The van der Waals surface area contributed by atoms with Crippen LogP contribution in [0.1, 0.15) is 5.56 Å². The summed E-state index contributed by atoms with van der Waals surface area (Å²) in [6.07, 6.45) is 0.119. The standard InChI is InChI=1S/C14H15FN2O3/c1-16-6-7-17(14(20)13(16)19)9-12(18)8-10-2-4-11(15)5-3-10/h2-5H,6-9H2,1H3. The third kappa shape index (κ3) is 3.20. The highest BCUT2D eigenvalue weighted by Crippen LogP contribution is 2.07. The molecule has 2 rings (SSSR count). The van der Waals surface area contributed by atoms with Gasteiger partial charge < -0.3 is 9.80 Å². The number of likely N-dealkylation sites (N-methyl/N-ethyl adjacent to an activating group) is 1. The zero-order valence-corrected chi connectivity index (χ0v) is 11.1.